The van der Waals surface area contributed by atoms with Crippen molar-refractivity contribution >= 4 is 5.78 Å². The van der Waals surface area contributed by atoms with Crippen LogP contribution in [-0.4, -0.2) is 5.78 Å². The Morgan fingerprint density at radius 3 is 2.45 bits per heavy atom. The molecular formula is C18H20O2. The van der Waals surface area contributed by atoms with Crippen LogP contribution in [0.1, 0.15) is 40.4 Å². The van der Waals surface area contributed by atoms with Gasteiger partial charge in [0.15, 0.2) is 5.78 Å². The molecule has 104 valence electrons. The maximum absolute atomic E-state index is 12.0. The summed E-state index contributed by atoms with van der Waals surface area (Å²) in [4.78, 5) is 12.0. The van der Waals surface area contributed by atoms with Crippen LogP contribution < -0.4 is 4.74 Å². The molecule has 0 aliphatic rings. The molecule has 0 unspecified atom stereocenters. The van der Waals surface area contributed by atoms with E-state index >= 15 is 0 Å². The number of benzene rings is 2. The van der Waals surface area contributed by atoms with Crippen LogP contribution in [0.5, 0.6) is 11.5 Å². The van der Waals surface area contributed by atoms with Gasteiger partial charge in [-0.05, 0) is 55.7 Å². The molecule has 20 heavy (non-hydrogen) atoms. The Kier molecular flexibility index (Phi) is 4.23. The predicted octanol–water partition coefficient (Wildman–Crippen LogP) is 5.00. The normalized spacial score (nSPS) is 10.4. The minimum absolute atomic E-state index is 0.0997. The van der Waals surface area contributed by atoms with Crippen molar-refractivity contribution in [2.24, 2.45) is 0 Å². The maximum atomic E-state index is 12.0. The van der Waals surface area contributed by atoms with Gasteiger partial charge < -0.3 is 4.74 Å². The number of rotatable bonds is 4. The second kappa shape index (κ2) is 5.91. The van der Waals surface area contributed by atoms with Gasteiger partial charge >= 0.3 is 0 Å². The van der Waals surface area contributed by atoms with Gasteiger partial charge in [0, 0.05) is 6.42 Å². The fourth-order valence-corrected chi connectivity index (χ4v) is 2.20. The molecule has 0 aliphatic heterocycles. The van der Waals surface area contributed by atoms with Gasteiger partial charge in [-0.1, -0.05) is 25.1 Å². The molecule has 2 nitrogen and oxygen atoms in total. The molecule has 0 N–H and O–H groups in total. The molecule has 2 aromatic carbocycles. The van der Waals surface area contributed by atoms with Crippen LogP contribution in [0.4, 0.5) is 0 Å². The van der Waals surface area contributed by atoms with E-state index < -0.39 is 0 Å². The zero-order valence-corrected chi connectivity index (χ0v) is 12.5. The number of carbonyl (C=O) groups excluding carboxylic acids is 1. The van der Waals surface area contributed by atoms with Crippen LogP contribution in [0.3, 0.4) is 0 Å². The molecule has 2 aromatic rings. The third kappa shape index (κ3) is 2.90. The lowest BCUT2D eigenvalue weighted by atomic mass is 10.1. The summed E-state index contributed by atoms with van der Waals surface area (Å²) in [6.07, 6.45) is 0.478. The fourth-order valence-electron chi connectivity index (χ4n) is 2.20. The second-order valence-electron chi connectivity index (χ2n) is 5.08. The molecule has 0 radical (unpaired) electrons. The molecule has 0 amide bonds. The first-order valence-corrected chi connectivity index (χ1v) is 6.91. The minimum atomic E-state index is 0.0997. The van der Waals surface area contributed by atoms with Gasteiger partial charge in [-0.3, -0.25) is 4.79 Å². The third-order valence-corrected chi connectivity index (χ3v) is 3.49. The predicted molar refractivity (Wildman–Crippen MR) is 81.8 cm³/mol. The Morgan fingerprint density at radius 1 is 1.05 bits per heavy atom. The number of hydrogen-bond acceptors (Lipinski definition) is 2. The van der Waals surface area contributed by atoms with E-state index in [4.69, 9.17) is 4.74 Å². The van der Waals surface area contributed by atoms with Crippen molar-refractivity contribution in [3.05, 3.63) is 58.7 Å². The molecule has 0 aliphatic carbocycles. The molecule has 0 heterocycles. The van der Waals surface area contributed by atoms with E-state index in [-0.39, 0.29) is 5.78 Å². The highest BCUT2D eigenvalue weighted by atomic mass is 16.5. The number of ketones is 1. The first kappa shape index (κ1) is 14.3. The number of hydrogen-bond donors (Lipinski definition) is 0. The van der Waals surface area contributed by atoms with Crippen molar-refractivity contribution in [1.29, 1.82) is 0 Å². The number of ether oxygens (including phenoxy) is 1. The quantitative estimate of drug-likeness (QED) is 0.730. The topological polar surface area (TPSA) is 26.3 Å². The highest BCUT2D eigenvalue weighted by molar-refractivity contribution is 5.98. The van der Waals surface area contributed by atoms with Crippen LogP contribution in [0.2, 0.25) is 0 Å². The lowest BCUT2D eigenvalue weighted by molar-refractivity contribution is 0.0986. The highest BCUT2D eigenvalue weighted by Crippen LogP contribution is 2.31. The Bertz CT molecular complexity index is 642. The fraction of sp³-hybridized carbons (Fsp3) is 0.278. The van der Waals surface area contributed by atoms with E-state index in [0.717, 1.165) is 16.9 Å². The number of para-hydroxylation sites is 1. The minimum Gasteiger partial charge on any atom is -0.456 e. The number of Topliss-reactive ketones (excluding diaryl/α,β-unsaturated/α-hetero) is 1. The third-order valence-electron chi connectivity index (χ3n) is 3.49. The van der Waals surface area contributed by atoms with Crippen LogP contribution in [0, 0.1) is 20.8 Å². The van der Waals surface area contributed by atoms with Gasteiger partial charge in [0.25, 0.3) is 0 Å². The van der Waals surface area contributed by atoms with Crippen LogP contribution in [-0.2, 0) is 0 Å². The van der Waals surface area contributed by atoms with E-state index in [0.29, 0.717) is 17.7 Å². The van der Waals surface area contributed by atoms with Gasteiger partial charge in [0.2, 0.25) is 0 Å². The maximum Gasteiger partial charge on any atom is 0.166 e. The first-order chi connectivity index (χ1) is 9.52. The smallest absolute Gasteiger partial charge is 0.166 e. The van der Waals surface area contributed by atoms with Crippen LogP contribution in [0.15, 0.2) is 36.4 Å². The molecule has 0 atom stereocenters. The van der Waals surface area contributed by atoms with Gasteiger partial charge in [-0.15, -0.1) is 0 Å². The van der Waals surface area contributed by atoms with Gasteiger partial charge in [0.1, 0.15) is 11.5 Å². The Balaban J connectivity index is 2.43. The summed E-state index contributed by atoms with van der Waals surface area (Å²) in [6, 6.07) is 11.6. The summed E-state index contributed by atoms with van der Waals surface area (Å²) in [7, 11) is 0. The van der Waals surface area contributed by atoms with E-state index in [9.17, 15) is 4.79 Å². The summed E-state index contributed by atoms with van der Waals surface area (Å²) >= 11 is 0. The highest BCUT2D eigenvalue weighted by Gasteiger charge is 2.12. The molecule has 2 rings (SSSR count). The van der Waals surface area contributed by atoms with Crippen molar-refractivity contribution in [3.8, 4) is 11.5 Å². The van der Waals surface area contributed by atoms with Gasteiger partial charge in [-0.2, -0.15) is 0 Å². The molecule has 0 aromatic heterocycles. The molecule has 0 spiro atoms. The van der Waals surface area contributed by atoms with Gasteiger partial charge in [-0.25, -0.2) is 0 Å². The lowest BCUT2D eigenvalue weighted by Crippen LogP contribution is -2.01. The van der Waals surface area contributed by atoms with Crippen molar-refractivity contribution in [2.45, 2.75) is 34.1 Å². The van der Waals surface area contributed by atoms with E-state index in [2.05, 4.69) is 13.0 Å². The Hall–Kier alpha value is -2.09. The zero-order chi connectivity index (χ0) is 14.7. The second-order valence-corrected chi connectivity index (χ2v) is 5.08. The molecule has 0 fully saturated rings. The van der Waals surface area contributed by atoms with Gasteiger partial charge in [0.05, 0.1) is 5.56 Å². The van der Waals surface area contributed by atoms with Crippen LogP contribution >= 0.6 is 0 Å². The SMILES string of the molecule is CCC(=O)c1ccccc1Oc1cc(C)cc(C)c1C. The Labute approximate surface area is 120 Å². The molecule has 0 bridgehead atoms. The molecule has 0 saturated heterocycles. The summed E-state index contributed by atoms with van der Waals surface area (Å²) < 4.78 is 6.00. The van der Waals surface area contributed by atoms with Crippen molar-refractivity contribution in [3.63, 3.8) is 0 Å². The van der Waals surface area contributed by atoms with E-state index in [1.54, 1.807) is 0 Å². The largest absolute Gasteiger partial charge is 0.456 e. The molecule has 2 heteroatoms. The van der Waals surface area contributed by atoms with E-state index in [1.165, 1.54) is 5.56 Å². The first-order valence-electron chi connectivity index (χ1n) is 6.91. The Morgan fingerprint density at radius 2 is 1.75 bits per heavy atom. The van der Waals surface area contributed by atoms with Crippen molar-refractivity contribution in [2.75, 3.05) is 0 Å². The number of aryl methyl sites for hydroxylation is 2. The average Bonchev–Trinajstić information content (AvgIpc) is 2.44. The zero-order valence-electron chi connectivity index (χ0n) is 12.5. The lowest BCUT2D eigenvalue weighted by Gasteiger charge is -2.14. The standard InChI is InChI=1S/C18H20O2/c1-5-16(19)15-8-6-7-9-17(15)20-18-11-12(2)10-13(3)14(18)4/h6-11H,5H2,1-4H3. The van der Waals surface area contributed by atoms with Crippen molar-refractivity contribution in [1.82, 2.24) is 0 Å². The van der Waals surface area contributed by atoms with Crippen LogP contribution in [0.25, 0.3) is 0 Å². The average molecular weight is 268 g/mol. The summed E-state index contributed by atoms with van der Waals surface area (Å²) in [6.45, 7) is 8.01. The number of carbonyl (C=O) groups is 1. The monoisotopic (exact) mass is 268 g/mol. The summed E-state index contributed by atoms with van der Waals surface area (Å²) in [5.74, 6) is 1.55. The summed E-state index contributed by atoms with van der Waals surface area (Å²) in [5, 5.41) is 0. The molecular weight excluding hydrogens is 248 g/mol. The summed E-state index contributed by atoms with van der Waals surface area (Å²) in [5.41, 5.74) is 4.10. The van der Waals surface area contributed by atoms with E-state index in [1.807, 2.05) is 51.1 Å². The molecule has 0 saturated carbocycles. The van der Waals surface area contributed by atoms with Crippen molar-refractivity contribution < 1.29 is 9.53 Å².